The molecule has 0 saturated heterocycles. The van der Waals surface area contributed by atoms with Gasteiger partial charge in [-0.15, -0.1) is 0 Å². The fourth-order valence-corrected chi connectivity index (χ4v) is 2.97. The minimum Gasteiger partial charge on any atom is -0.307 e. The van der Waals surface area contributed by atoms with Crippen molar-refractivity contribution in [3.05, 3.63) is 35.4 Å². The van der Waals surface area contributed by atoms with E-state index in [9.17, 15) is 8.78 Å². The van der Waals surface area contributed by atoms with Gasteiger partial charge in [-0.2, -0.15) is 0 Å². The molecule has 1 aliphatic rings. The van der Waals surface area contributed by atoms with Crippen LogP contribution < -0.4 is 5.32 Å². The molecule has 1 N–H and O–H groups in total. The van der Waals surface area contributed by atoms with Crippen LogP contribution in [0.25, 0.3) is 0 Å². The van der Waals surface area contributed by atoms with Gasteiger partial charge in [-0.3, -0.25) is 0 Å². The van der Waals surface area contributed by atoms with Crippen molar-refractivity contribution in [3.63, 3.8) is 0 Å². The number of nitrogens with one attached hydrogen (secondary N) is 1. The van der Waals surface area contributed by atoms with Crippen LogP contribution in [0.1, 0.15) is 51.6 Å². The van der Waals surface area contributed by atoms with Crippen LogP contribution in [0.4, 0.5) is 8.78 Å². The number of hydrogen-bond donors (Lipinski definition) is 1. The van der Waals surface area contributed by atoms with E-state index in [1.54, 1.807) is 0 Å². The molecule has 4 atom stereocenters. The van der Waals surface area contributed by atoms with Crippen LogP contribution in [0, 0.1) is 23.5 Å². The zero-order valence-corrected chi connectivity index (χ0v) is 11.9. The number of rotatable bonds is 3. The summed E-state index contributed by atoms with van der Waals surface area (Å²) in [5, 5.41) is 3.51. The summed E-state index contributed by atoms with van der Waals surface area (Å²) in [7, 11) is 0. The third-order valence-corrected chi connectivity index (χ3v) is 4.47. The monoisotopic (exact) mass is 267 g/mol. The summed E-state index contributed by atoms with van der Waals surface area (Å²) in [6.45, 7) is 6.55. The minimum atomic E-state index is -0.505. The summed E-state index contributed by atoms with van der Waals surface area (Å²) in [6, 6.07) is 4.18. The molecule has 3 heteroatoms. The lowest BCUT2D eigenvalue weighted by Gasteiger charge is -2.34. The van der Waals surface area contributed by atoms with Gasteiger partial charge >= 0.3 is 0 Å². The van der Waals surface area contributed by atoms with Crippen molar-refractivity contribution in [1.29, 1.82) is 0 Å². The number of hydrogen-bond acceptors (Lipinski definition) is 1. The van der Waals surface area contributed by atoms with Crippen LogP contribution in [0.15, 0.2) is 18.2 Å². The molecule has 1 nitrogen and oxygen atoms in total. The molecule has 1 aliphatic carbocycles. The first-order valence-electron chi connectivity index (χ1n) is 7.17. The van der Waals surface area contributed by atoms with Crippen LogP contribution in [-0.4, -0.2) is 6.04 Å². The van der Waals surface area contributed by atoms with E-state index >= 15 is 0 Å². The van der Waals surface area contributed by atoms with Crippen LogP contribution in [0.3, 0.4) is 0 Å². The van der Waals surface area contributed by atoms with E-state index in [1.807, 2.05) is 6.92 Å². The Kier molecular flexibility index (Phi) is 4.56. The van der Waals surface area contributed by atoms with Crippen molar-refractivity contribution in [2.45, 2.75) is 52.1 Å². The molecule has 1 aromatic rings. The summed E-state index contributed by atoms with van der Waals surface area (Å²) in [5.41, 5.74) is 0.684. The maximum absolute atomic E-state index is 13.2. The summed E-state index contributed by atoms with van der Waals surface area (Å²) in [5.74, 6) is 0.478. The van der Waals surface area contributed by atoms with Crippen molar-refractivity contribution in [2.75, 3.05) is 0 Å². The fraction of sp³-hybridized carbons (Fsp3) is 0.625. The lowest BCUT2D eigenvalue weighted by atomic mass is 9.79. The standard InChI is InChI=1S/C16H23F2N/c1-10-4-5-16(6-11(10)2)19-12(3)13-7-14(17)9-15(18)8-13/h7-12,16,19H,4-6H2,1-3H3. The van der Waals surface area contributed by atoms with Gasteiger partial charge in [0.25, 0.3) is 0 Å². The Hall–Kier alpha value is -0.960. The van der Waals surface area contributed by atoms with E-state index in [2.05, 4.69) is 19.2 Å². The Morgan fingerprint density at radius 2 is 1.68 bits per heavy atom. The summed E-state index contributed by atoms with van der Waals surface area (Å²) in [4.78, 5) is 0. The summed E-state index contributed by atoms with van der Waals surface area (Å²) in [6.07, 6.45) is 3.51. The van der Waals surface area contributed by atoms with Gasteiger partial charge in [0.05, 0.1) is 0 Å². The van der Waals surface area contributed by atoms with Crippen molar-refractivity contribution in [3.8, 4) is 0 Å². The Morgan fingerprint density at radius 3 is 2.26 bits per heavy atom. The third kappa shape index (κ3) is 3.75. The minimum absolute atomic E-state index is 0.0178. The smallest absolute Gasteiger partial charge is 0.126 e. The average Bonchev–Trinajstić information content (AvgIpc) is 2.32. The highest BCUT2D eigenvalue weighted by Crippen LogP contribution is 2.30. The molecule has 19 heavy (non-hydrogen) atoms. The van der Waals surface area contributed by atoms with Crippen molar-refractivity contribution in [2.24, 2.45) is 11.8 Å². The Morgan fingerprint density at radius 1 is 1.05 bits per heavy atom. The fourth-order valence-electron chi connectivity index (χ4n) is 2.97. The predicted octanol–water partition coefficient (Wildman–Crippen LogP) is 4.44. The molecule has 1 saturated carbocycles. The quantitative estimate of drug-likeness (QED) is 0.853. The molecule has 0 bridgehead atoms. The van der Waals surface area contributed by atoms with Crippen molar-refractivity contribution >= 4 is 0 Å². The zero-order valence-electron chi connectivity index (χ0n) is 11.9. The van der Waals surface area contributed by atoms with Gasteiger partial charge in [-0.1, -0.05) is 13.8 Å². The molecule has 106 valence electrons. The largest absolute Gasteiger partial charge is 0.307 e. The highest BCUT2D eigenvalue weighted by Gasteiger charge is 2.25. The number of benzene rings is 1. The second-order valence-electron chi connectivity index (χ2n) is 6.06. The van der Waals surface area contributed by atoms with E-state index < -0.39 is 11.6 Å². The molecule has 2 rings (SSSR count). The molecule has 1 fully saturated rings. The van der Waals surface area contributed by atoms with Gasteiger partial charge in [0.15, 0.2) is 0 Å². The zero-order chi connectivity index (χ0) is 14.0. The lowest BCUT2D eigenvalue weighted by Crippen LogP contribution is -2.37. The van der Waals surface area contributed by atoms with Crippen molar-refractivity contribution < 1.29 is 8.78 Å². The van der Waals surface area contributed by atoms with Gasteiger partial charge in [0.1, 0.15) is 11.6 Å². The van der Waals surface area contributed by atoms with Crippen LogP contribution in [0.2, 0.25) is 0 Å². The first-order chi connectivity index (χ1) is 8.95. The Bertz CT molecular complexity index is 413. The number of halogens is 2. The topological polar surface area (TPSA) is 12.0 Å². The van der Waals surface area contributed by atoms with E-state index in [-0.39, 0.29) is 6.04 Å². The van der Waals surface area contributed by atoms with E-state index in [1.165, 1.54) is 18.6 Å². The second-order valence-corrected chi connectivity index (χ2v) is 6.06. The first kappa shape index (κ1) is 14.4. The molecule has 0 aromatic heterocycles. The molecule has 0 spiro atoms. The maximum Gasteiger partial charge on any atom is 0.126 e. The predicted molar refractivity (Wildman–Crippen MR) is 73.9 cm³/mol. The molecular weight excluding hydrogens is 244 g/mol. The van der Waals surface area contributed by atoms with E-state index in [4.69, 9.17) is 0 Å². The van der Waals surface area contributed by atoms with Gasteiger partial charge < -0.3 is 5.32 Å². The summed E-state index contributed by atoms with van der Waals surface area (Å²) < 4.78 is 26.4. The van der Waals surface area contributed by atoms with Gasteiger partial charge in [0, 0.05) is 18.2 Å². The third-order valence-electron chi connectivity index (χ3n) is 4.47. The molecule has 4 unspecified atom stereocenters. The average molecular weight is 267 g/mol. The second kappa shape index (κ2) is 6.00. The van der Waals surface area contributed by atoms with Crippen LogP contribution >= 0.6 is 0 Å². The van der Waals surface area contributed by atoms with Crippen LogP contribution in [-0.2, 0) is 0 Å². The van der Waals surface area contributed by atoms with Gasteiger partial charge in [0.2, 0.25) is 0 Å². The Balaban J connectivity index is 1.99. The lowest BCUT2D eigenvalue weighted by molar-refractivity contribution is 0.217. The molecule has 0 radical (unpaired) electrons. The summed E-state index contributed by atoms with van der Waals surface area (Å²) >= 11 is 0. The maximum atomic E-state index is 13.2. The highest BCUT2D eigenvalue weighted by atomic mass is 19.1. The first-order valence-corrected chi connectivity index (χ1v) is 7.17. The Labute approximate surface area is 114 Å². The van der Waals surface area contributed by atoms with E-state index in [0.717, 1.165) is 24.8 Å². The SMILES string of the molecule is CC(NC1CCC(C)C(C)C1)c1cc(F)cc(F)c1. The van der Waals surface area contributed by atoms with Crippen LogP contribution in [0.5, 0.6) is 0 Å². The normalized spacial score (nSPS) is 29.2. The molecule has 1 aromatic carbocycles. The van der Waals surface area contributed by atoms with E-state index in [0.29, 0.717) is 17.5 Å². The highest BCUT2D eigenvalue weighted by molar-refractivity contribution is 5.21. The molecule has 0 heterocycles. The molecular formula is C16H23F2N. The molecule has 0 amide bonds. The van der Waals surface area contributed by atoms with Gasteiger partial charge in [-0.05, 0) is 55.7 Å². The van der Waals surface area contributed by atoms with Gasteiger partial charge in [-0.25, -0.2) is 8.78 Å². The van der Waals surface area contributed by atoms with Crippen molar-refractivity contribution in [1.82, 2.24) is 5.32 Å². The molecule has 0 aliphatic heterocycles.